The molecule has 4 unspecified atom stereocenters. The van der Waals surface area contributed by atoms with Gasteiger partial charge in [-0.2, -0.15) is 13.2 Å². The van der Waals surface area contributed by atoms with Gasteiger partial charge in [0.25, 0.3) is 0 Å². The summed E-state index contributed by atoms with van der Waals surface area (Å²) in [6, 6.07) is 12.5. The van der Waals surface area contributed by atoms with Gasteiger partial charge in [-0.25, -0.2) is 0 Å². The topological polar surface area (TPSA) is 59.0 Å². The van der Waals surface area contributed by atoms with Crippen molar-refractivity contribution in [1.82, 2.24) is 4.90 Å². The third-order valence-electron chi connectivity index (χ3n) is 7.50. The number of aliphatic hydroxyl groups is 1. The largest absolute Gasteiger partial charge is 0.508 e. The Hall–Kier alpha value is -3.26. The molecule has 0 saturated carbocycles. The maximum absolute atomic E-state index is 13.1. The van der Waals surface area contributed by atoms with Crippen LogP contribution in [0.1, 0.15) is 35.4 Å². The first-order valence-electron chi connectivity index (χ1n) is 12.7. The van der Waals surface area contributed by atoms with Crippen LogP contribution in [0.15, 0.2) is 72.5 Å². The molecular formula is C29H30F3NO4. The van der Waals surface area contributed by atoms with Crippen molar-refractivity contribution in [3.8, 4) is 5.75 Å². The maximum atomic E-state index is 13.1. The molecule has 3 aliphatic rings. The van der Waals surface area contributed by atoms with Gasteiger partial charge >= 0.3 is 12.1 Å². The Morgan fingerprint density at radius 3 is 2.41 bits per heavy atom. The van der Waals surface area contributed by atoms with Gasteiger partial charge in [-0.3, -0.25) is 9.69 Å². The van der Waals surface area contributed by atoms with Crippen LogP contribution < -0.4 is 4.74 Å². The second-order valence-electron chi connectivity index (χ2n) is 9.94. The van der Waals surface area contributed by atoms with Crippen molar-refractivity contribution in [1.29, 1.82) is 0 Å². The summed E-state index contributed by atoms with van der Waals surface area (Å²) in [5.41, 5.74) is 0.700. The van der Waals surface area contributed by atoms with Gasteiger partial charge in [0.15, 0.2) is 0 Å². The number of halogens is 3. The molecule has 2 aromatic carbocycles. The molecule has 1 N–H and O–H groups in total. The third kappa shape index (κ3) is 5.85. The van der Waals surface area contributed by atoms with Crippen LogP contribution >= 0.6 is 0 Å². The van der Waals surface area contributed by atoms with Crippen molar-refractivity contribution >= 4 is 5.97 Å². The number of aliphatic hydroxyl groups excluding tert-OH is 1. The molecule has 0 amide bonds. The molecule has 2 aromatic rings. The van der Waals surface area contributed by atoms with Crippen LogP contribution in [0.25, 0.3) is 0 Å². The van der Waals surface area contributed by atoms with Crippen LogP contribution in [0.5, 0.6) is 5.75 Å². The lowest BCUT2D eigenvalue weighted by Crippen LogP contribution is -2.44. The highest BCUT2D eigenvalue weighted by molar-refractivity contribution is 5.80. The number of ether oxygens (including phenoxy) is 2. The summed E-state index contributed by atoms with van der Waals surface area (Å²) in [7, 11) is 0. The van der Waals surface area contributed by atoms with E-state index in [4.69, 9.17) is 9.47 Å². The molecule has 2 aliphatic heterocycles. The van der Waals surface area contributed by atoms with Gasteiger partial charge in [-0.05, 0) is 85.8 Å². The molecule has 4 atom stereocenters. The van der Waals surface area contributed by atoms with E-state index in [1.54, 1.807) is 6.08 Å². The second kappa shape index (κ2) is 10.6. The number of likely N-dealkylation sites (tertiary alicyclic amines) is 1. The van der Waals surface area contributed by atoms with Crippen LogP contribution in [-0.2, 0) is 22.1 Å². The fourth-order valence-corrected chi connectivity index (χ4v) is 5.57. The van der Waals surface area contributed by atoms with Gasteiger partial charge in [0, 0.05) is 12.5 Å². The van der Waals surface area contributed by atoms with Crippen molar-refractivity contribution < 1.29 is 32.5 Å². The Kier molecular flexibility index (Phi) is 7.29. The number of carbonyl (C=O) groups is 1. The maximum Gasteiger partial charge on any atom is 0.416 e. The molecule has 196 valence electrons. The number of esters is 1. The number of nitrogens with zero attached hydrogens (tertiary/aromatic N) is 1. The SMILES string of the molecule is O=C1OC2C=C(O)C=CC2C(Cc2ccc(OCCN3CCCC3)cc2)C1c1ccc(C(F)(F)F)cc1. The van der Waals surface area contributed by atoms with Crippen molar-refractivity contribution in [3.63, 3.8) is 0 Å². The lowest BCUT2D eigenvalue weighted by atomic mass is 9.69. The Bertz CT molecular complexity index is 1150. The van der Waals surface area contributed by atoms with Crippen molar-refractivity contribution in [2.45, 2.75) is 37.5 Å². The van der Waals surface area contributed by atoms with E-state index >= 15 is 0 Å². The van der Waals surface area contributed by atoms with Crippen LogP contribution in [0.2, 0.25) is 0 Å². The van der Waals surface area contributed by atoms with E-state index in [1.165, 1.54) is 31.1 Å². The third-order valence-corrected chi connectivity index (χ3v) is 7.50. The Morgan fingerprint density at radius 2 is 1.73 bits per heavy atom. The zero-order chi connectivity index (χ0) is 26.0. The normalized spacial score (nSPS) is 25.9. The molecular weight excluding hydrogens is 483 g/mol. The number of allylic oxidation sites excluding steroid dienone is 1. The van der Waals surface area contributed by atoms with Gasteiger partial charge in [0.1, 0.15) is 24.2 Å². The fraction of sp³-hybridized carbons (Fsp3) is 0.414. The number of benzene rings is 2. The average molecular weight is 514 g/mol. The fourth-order valence-electron chi connectivity index (χ4n) is 5.57. The van der Waals surface area contributed by atoms with Gasteiger partial charge in [-0.15, -0.1) is 0 Å². The average Bonchev–Trinajstić information content (AvgIpc) is 3.38. The second-order valence-corrected chi connectivity index (χ2v) is 9.94. The number of hydrogen-bond donors (Lipinski definition) is 1. The molecule has 1 aliphatic carbocycles. The number of rotatable bonds is 7. The molecule has 5 nitrogen and oxygen atoms in total. The lowest BCUT2D eigenvalue weighted by Gasteiger charge is -2.41. The minimum Gasteiger partial charge on any atom is -0.508 e. The monoisotopic (exact) mass is 513 g/mol. The summed E-state index contributed by atoms with van der Waals surface area (Å²) in [6.45, 7) is 3.76. The highest BCUT2D eigenvalue weighted by Crippen LogP contribution is 2.44. The quantitative estimate of drug-likeness (QED) is 0.483. The summed E-state index contributed by atoms with van der Waals surface area (Å²) in [6.07, 6.45) is 2.82. The summed E-state index contributed by atoms with van der Waals surface area (Å²) in [4.78, 5) is 15.5. The van der Waals surface area contributed by atoms with E-state index in [2.05, 4.69) is 4.90 Å². The molecule has 0 spiro atoms. The minimum atomic E-state index is -4.46. The molecule has 37 heavy (non-hydrogen) atoms. The molecule has 0 aromatic heterocycles. The van der Waals surface area contributed by atoms with Crippen LogP contribution in [0.4, 0.5) is 13.2 Å². The summed E-state index contributed by atoms with van der Waals surface area (Å²) < 4.78 is 50.8. The van der Waals surface area contributed by atoms with E-state index in [0.717, 1.165) is 43.1 Å². The van der Waals surface area contributed by atoms with Crippen molar-refractivity contribution in [2.24, 2.45) is 11.8 Å². The number of fused-ring (bicyclic) bond motifs is 1. The lowest BCUT2D eigenvalue weighted by molar-refractivity contribution is -0.160. The zero-order valence-electron chi connectivity index (χ0n) is 20.4. The van der Waals surface area contributed by atoms with E-state index in [1.807, 2.05) is 30.3 Å². The van der Waals surface area contributed by atoms with Gasteiger partial charge in [-0.1, -0.05) is 30.3 Å². The van der Waals surface area contributed by atoms with Crippen molar-refractivity contribution in [3.05, 3.63) is 89.2 Å². The van der Waals surface area contributed by atoms with Crippen LogP contribution in [0.3, 0.4) is 0 Å². The Labute approximate surface area is 214 Å². The Morgan fingerprint density at radius 1 is 1.03 bits per heavy atom. The van der Waals surface area contributed by atoms with Gasteiger partial charge in [0.05, 0.1) is 11.5 Å². The molecule has 2 heterocycles. The first-order valence-corrected chi connectivity index (χ1v) is 12.7. The van der Waals surface area contributed by atoms with E-state index in [9.17, 15) is 23.1 Å². The number of carbonyl (C=O) groups excluding carboxylic acids is 1. The summed E-state index contributed by atoms with van der Waals surface area (Å²) in [5, 5.41) is 9.93. The van der Waals surface area contributed by atoms with E-state index in [-0.39, 0.29) is 17.6 Å². The van der Waals surface area contributed by atoms with E-state index < -0.39 is 29.7 Å². The van der Waals surface area contributed by atoms with Gasteiger partial charge < -0.3 is 14.6 Å². The number of hydrogen-bond acceptors (Lipinski definition) is 5. The standard InChI is InChI=1S/C29H30F3NO4/c30-29(31,32)21-7-5-20(6-8-21)27-25(24-12-9-22(34)18-26(24)37-28(27)35)17-19-3-10-23(11-4-19)36-16-15-33-13-1-2-14-33/h3-12,18,24-27,34H,1-2,13-17H2. The number of alkyl halides is 3. The highest BCUT2D eigenvalue weighted by atomic mass is 19.4. The smallest absolute Gasteiger partial charge is 0.416 e. The predicted octanol–water partition coefficient (Wildman–Crippen LogP) is 5.68. The minimum absolute atomic E-state index is 0.0243. The van der Waals surface area contributed by atoms with Gasteiger partial charge in [0.2, 0.25) is 0 Å². The summed E-state index contributed by atoms with van der Waals surface area (Å²) in [5.74, 6) is -0.946. The molecule has 2 fully saturated rings. The highest BCUT2D eigenvalue weighted by Gasteiger charge is 2.46. The predicted molar refractivity (Wildman–Crippen MR) is 132 cm³/mol. The van der Waals surface area contributed by atoms with Crippen LogP contribution in [-0.4, -0.2) is 48.3 Å². The molecule has 2 saturated heterocycles. The molecule has 0 bridgehead atoms. The zero-order valence-corrected chi connectivity index (χ0v) is 20.4. The Balaban J connectivity index is 1.34. The van der Waals surface area contributed by atoms with E-state index in [0.29, 0.717) is 18.6 Å². The summed E-state index contributed by atoms with van der Waals surface area (Å²) >= 11 is 0. The molecule has 5 rings (SSSR count). The molecule has 0 radical (unpaired) electrons. The van der Waals surface area contributed by atoms with Crippen molar-refractivity contribution in [2.75, 3.05) is 26.2 Å². The molecule has 8 heteroatoms. The first kappa shape index (κ1) is 25.4. The first-order chi connectivity index (χ1) is 17.8. The van der Waals surface area contributed by atoms with Crippen LogP contribution in [0, 0.1) is 11.8 Å².